The predicted octanol–water partition coefficient (Wildman–Crippen LogP) is 2.81. The third kappa shape index (κ3) is 3.97. The normalized spacial score (nSPS) is 16.7. The largest absolute Gasteiger partial charge is 0.461 e. The fourth-order valence-electron chi connectivity index (χ4n) is 2.24. The van der Waals surface area contributed by atoms with Crippen molar-refractivity contribution in [1.29, 1.82) is 0 Å². The van der Waals surface area contributed by atoms with Gasteiger partial charge in [0.2, 0.25) is 0 Å². The molecule has 0 spiro atoms. The van der Waals surface area contributed by atoms with Crippen molar-refractivity contribution in [2.45, 2.75) is 50.3 Å². The van der Waals surface area contributed by atoms with Gasteiger partial charge in [0, 0.05) is 16.6 Å². The minimum Gasteiger partial charge on any atom is -0.461 e. The van der Waals surface area contributed by atoms with E-state index in [0.717, 1.165) is 25.7 Å². The summed E-state index contributed by atoms with van der Waals surface area (Å²) in [6.45, 7) is 4.25. The average Bonchev–Trinajstić information content (AvgIpc) is 3.13. The first-order valence-corrected chi connectivity index (χ1v) is 9.35. The monoisotopic (exact) mass is 334 g/mol. The number of rotatable bonds is 7. The average molecular weight is 335 g/mol. The van der Waals surface area contributed by atoms with Crippen LogP contribution in [0, 0.1) is 5.92 Å². The molecule has 0 bridgehead atoms. The summed E-state index contributed by atoms with van der Waals surface area (Å²) in [5.41, 5.74) is 0.175. The first-order valence-electron chi connectivity index (χ1n) is 7.04. The SMILES string of the molecule is CCCC(C)COC(=O)c1n[nH]c(C2CC2)c1S(=O)(=O)Cl. The second kappa shape index (κ2) is 6.36. The molecule has 1 atom stereocenters. The van der Waals surface area contributed by atoms with Crippen molar-refractivity contribution < 1.29 is 17.9 Å². The quantitative estimate of drug-likeness (QED) is 0.611. The first kappa shape index (κ1) is 16.3. The van der Waals surface area contributed by atoms with E-state index in [2.05, 4.69) is 10.2 Å². The van der Waals surface area contributed by atoms with Crippen LogP contribution in [0.3, 0.4) is 0 Å². The number of aromatic amines is 1. The Morgan fingerprint density at radius 1 is 1.52 bits per heavy atom. The van der Waals surface area contributed by atoms with Crippen LogP contribution in [-0.2, 0) is 13.8 Å². The van der Waals surface area contributed by atoms with Gasteiger partial charge in [-0.1, -0.05) is 20.3 Å². The maximum absolute atomic E-state index is 12.0. The van der Waals surface area contributed by atoms with Crippen molar-refractivity contribution in [2.24, 2.45) is 5.92 Å². The molecule has 1 N–H and O–H groups in total. The minimum absolute atomic E-state index is 0.0848. The Kier molecular flexibility index (Phi) is 4.93. The molecule has 1 saturated carbocycles. The van der Waals surface area contributed by atoms with E-state index in [1.165, 1.54) is 0 Å². The van der Waals surface area contributed by atoms with Crippen LogP contribution in [-0.4, -0.2) is 31.2 Å². The van der Waals surface area contributed by atoms with Gasteiger partial charge < -0.3 is 4.74 Å². The second-order valence-electron chi connectivity index (χ2n) is 5.52. The van der Waals surface area contributed by atoms with Gasteiger partial charge in [0.05, 0.1) is 12.3 Å². The molecule has 1 aliphatic rings. The van der Waals surface area contributed by atoms with Crippen LogP contribution in [0.15, 0.2) is 4.90 Å². The zero-order valence-corrected chi connectivity index (χ0v) is 13.6. The van der Waals surface area contributed by atoms with E-state index in [0.29, 0.717) is 5.69 Å². The highest BCUT2D eigenvalue weighted by Crippen LogP contribution is 2.43. The van der Waals surface area contributed by atoms with E-state index in [-0.39, 0.29) is 29.0 Å². The van der Waals surface area contributed by atoms with Crippen molar-refractivity contribution in [2.75, 3.05) is 6.61 Å². The van der Waals surface area contributed by atoms with Gasteiger partial charge in [-0.2, -0.15) is 5.10 Å². The molecule has 118 valence electrons. The highest BCUT2D eigenvalue weighted by Gasteiger charge is 2.37. The second-order valence-corrected chi connectivity index (χ2v) is 8.02. The minimum atomic E-state index is -4.04. The maximum atomic E-state index is 12.0. The fraction of sp³-hybridized carbons (Fsp3) is 0.692. The maximum Gasteiger partial charge on any atom is 0.360 e. The summed E-state index contributed by atoms with van der Waals surface area (Å²) in [4.78, 5) is 11.8. The third-order valence-corrected chi connectivity index (χ3v) is 4.81. The summed E-state index contributed by atoms with van der Waals surface area (Å²) in [6.07, 6.45) is 3.66. The number of ether oxygens (including phenoxy) is 1. The van der Waals surface area contributed by atoms with Crippen LogP contribution in [0.1, 0.15) is 61.6 Å². The van der Waals surface area contributed by atoms with Crippen molar-refractivity contribution in [3.8, 4) is 0 Å². The number of aromatic nitrogens is 2. The molecule has 2 rings (SSSR count). The van der Waals surface area contributed by atoms with Crippen molar-refractivity contribution in [3.63, 3.8) is 0 Å². The number of esters is 1. The first-order chi connectivity index (χ1) is 9.84. The number of H-pyrrole nitrogens is 1. The lowest BCUT2D eigenvalue weighted by Gasteiger charge is -2.10. The molecule has 1 aromatic heterocycles. The number of hydrogen-bond donors (Lipinski definition) is 1. The molecule has 0 amide bonds. The summed E-state index contributed by atoms with van der Waals surface area (Å²) in [5, 5.41) is 6.43. The highest BCUT2D eigenvalue weighted by atomic mass is 35.7. The van der Waals surface area contributed by atoms with E-state index in [9.17, 15) is 13.2 Å². The van der Waals surface area contributed by atoms with Crippen molar-refractivity contribution >= 4 is 25.7 Å². The zero-order chi connectivity index (χ0) is 15.6. The summed E-state index contributed by atoms with van der Waals surface area (Å²) in [5.74, 6) is -0.446. The van der Waals surface area contributed by atoms with Gasteiger partial charge in [-0.3, -0.25) is 5.10 Å². The Hall–Kier alpha value is -1.08. The smallest absolute Gasteiger partial charge is 0.360 e. The molecular formula is C13H19ClN2O4S. The third-order valence-electron chi connectivity index (χ3n) is 3.45. The van der Waals surface area contributed by atoms with Crippen LogP contribution in [0.2, 0.25) is 0 Å². The molecule has 1 aromatic rings. The Morgan fingerprint density at radius 3 is 2.71 bits per heavy atom. The number of carbonyl (C=O) groups is 1. The summed E-state index contributed by atoms with van der Waals surface area (Å²) in [6, 6.07) is 0. The lowest BCUT2D eigenvalue weighted by Crippen LogP contribution is -2.14. The zero-order valence-electron chi connectivity index (χ0n) is 12.1. The topological polar surface area (TPSA) is 89.1 Å². The Balaban J connectivity index is 2.17. The van der Waals surface area contributed by atoms with E-state index >= 15 is 0 Å². The van der Waals surface area contributed by atoms with Gasteiger partial charge in [0.1, 0.15) is 4.90 Å². The number of halogens is 1. The van der Waals surface area contributed by atoms with E-state index < -0.39 is 15.0 Å². The van der Waals surface area contributed by atoms with Crippen LogP contribution in [0.4, 0.5) is 0 Å². The lowest BCUT2D eigenvalue weighted by atomic mass is 10.1. The molecule has 21 heavy (non-hydrogen) atoms. The molecule has 0 aromatic carbocycles. The molecule has 0 saturated heterocycles. The number of nitrogens with one attached hydrogen (secondary N) is 1. The molecule has 1 fully saturated rings. The fourth-order valence-corrected chi connectivity index (χ4v) is 3.55. The van der Waals surface area contributed by atoms with Crippen molar-refractivity contribution in [3.05, 3.63) is 11.4 Å². The molecule has 6 nitrogen and oxygen atoms in total. The molecule has 1 heterocycles. The van der Waals surface area contributed by atoms with E-state index in [1.54, 1.807) is 0 Å². The molecule has 0 aliphatic heterocycles. The summed E-state index contributed by atoms with van der Waals surface area (Å²) >= 11 is 0. The molecule has 1 unspecified atom stereocenters. The molecule has 1 aliphatic carbocycles. The summed E-state index contributed by atoms with van der Waals surface area (Å²) < 4.78 is 28.6. The van der Waals surface area contributed by atoms with Crippen LogP contribution in [0.5, 0.6) is 0 Å². The van der Waals surface area contributed by atoms with Gasteiger partial charge in [0.15, 0.2) is 5.69 Å². The molecular weight excluding hydrogens is 316 g/mol. The van der Waals surface area contributed by atoms with Gasteiger partial charge in [0.25, 0.3) is 9.05 Å². The van der Waals surface area contributed by atoms with Gasteiger partial charge in [-0.05, 0) is 25.2 Å². The highest BCUT2D eigenvalue weighted by molar-refractivity contribution is 8.13. The Morgan fingerprint density at radius 2 is 2.19 bits per heavy atom. The standard InChI is InChI=1S/C13H19ClN2O4S/c1-3-4-8(2)7-20-13(17)11-12(21(14,18)19)10(15-16-11)9-5-6-9/h8-9H,3-7H2,1-2H3,(H,15,16). The van der Waals surface area contributed by atoms with Crippen LogP contribution < -0.4 is 0 Å². The summed E-state index contributed by atoms with van der Waals surface area (Å²) in [7, 11) is 1.40. The van der Waals surface area contributed by atoms with Gasteiger partial charge >= 0.3 is 5.97 Å². The lowest BCUT2D eigenvalue weighted by molar-refractivity contribution is 0.0432. The van der Waals surface area contributed by atoms with E-state index in [4.69, 9.17) is 15.4 Å². The number of nitrogens with zero attached hydrogens (tertiary/aromatic N) is 1. The number of hydrogen-bond acceptors (Lipinski definition) is 5. The van der Waals surface area contributed by atoms with Gasteiger partial charge in [-0.25, -0.2) is 13.2 Å². The predicted molar refractivity (Wildman–Crippen MR) is 78.0 cm³/mol. The van der Waals surface area contributed by atoms with Crippen molar-refractivity contribution in [1.82, 2.24) is 10.2 Å². The molecule has 8 heteroatoms. The Labute approximate surface area is 128 Å². The van der Waals surface area contributed by atoms with Gasteiger partial charge in [-0.15, -0.1) is 0 Å². The van der Waals surface area contributed by atoms with Crippen LogP contribution in [0.25, 0.3) is 0 Å². The van der Waals surface area contributed by atoms with E-state index in [1.807, 2.05) is 13.8 Å². The molecule has 0 radical (unpaired) electrons. The Bertz CT molecular complexity index is 622. The number of carbonyl (C=O) groups excluding carboxylic acids is 1. The van der Waals surface area contributed by atoms with Crippen LogP contribution >= 0.6 is 10.7 Å².